The second-order valence-electron chi connectivity index (χ2n) is 8.36. The summed E-state index contributed by atoms with van der Waals surface area (Å²) in [5.41, 5.74) is 2.81. The number of rotatable bonds is 5. The number of carbonyl (C=O) groups excluding carboxylic acids is 1. The Morgan fingerprint density at radius 1 is 1.14 bits per heavy atom. The van der Waals surface area contributed by atoms with Crippen molar-refractivity contribution in [3.63, 3.8) is 0 Å². The number of halogens is 1. The van der Waals surface area contributed by atoms with Gasteiger partial charge in [0.15, 0.2) is 5.65 Å². The molecule has 0 unspecified atom stereocenters. The summed E-state index contributed by atoms with van der Waals surface area (Å²) in [5.74, 6) is -0.484. The molecule has 5 rings (SSSR count). The van der Waals surface area contributed by atoms with E-state index in [1.807, 2.05) is 32.0 Å². The second kappa shape index (κ2) is 8.99. The van der Waals surface area contributed by atoms with E-state index >= 15 is 0 Å². The summed E-state index contributed by atoms with van der Waals surface area (Å²) in [6, 6.07) is 10.9. The monoisotopic (exact) mass is 518 g/mol. The Bertz CT molecular complexity index is 1790. The standard InChI is InChI=1S/C24H19ClN8O4/c1-12-5-4-6-19(14(12)3)31-21-17(11-26-31)23(35)29-24(28-21)32-20(9-13(2)30-32)27-22(34)16-10-15(33(36)37)7-8-18(16)25/h4-11H,1-3H3,(H,27,34)(H,28,29,35). The zero-order chi connectivity index (χ0) is 26.4. The SMILES string of the molecule is Cc1cc(NC(=O)c2cc([N+](=O)[O-])ccc2Cl)n(-c2nc3c(cnn3-c3cccc(C)c3C)c(=O)[nH]2)n1. The molecule has 0 atom stereocenters. The van der Waals surface area contributed by atoms with Gasteiger partial charge in [0.25, 0.3) is 17.2 Å². The number of nitrogens with zero attached hydrogens (tertiary/aromatic N) is 6. The molecule has 0 saturated carbocycles. The van der Waals surface area contributed by atoms with E-state index in [1.54, 1.807) is 17.7 Å². The van der Waals surface area contributed by atoms with Crippen LogP contribution in [0.4, 0.5) is 11.5 Å². The van der Waals surface area contributed by atoms with Crippen molar-refractivity contribution in [2.75, 3.05) is 5.32 Å². The average molecular weight is 519 g/mol. The predicted molar refractivity (Wildman–Crippen MR) is 137 cm³/mol. The Labute approximate surface area is 213 Å². The van der Waals surface area contributed by atoms with Crippen molar-refractivity contribution in [2.45, 2.75) is 20.8 Å². The number of amides is 1. The second-order valence-corrected chi connectivity index (χ2v) is 8.77. The summed E-state index contributed by atoms with van der Waals surface area (Å²) in [6.45, 7) is 5.63. The summed E-state index contributed by atoms with van der Waals surface area (Å²) in [7, 11) is 0. The number of aromatic amines is 1. The molecule has 37 heavy (non-hydrogen) atoms. The number of H-pyrrole nitrogens is 1. The molecular weight excluding hydrogens is 500 g/mol. The summed E-state index contributed by atoms with van der Waals surface area (Å²) in [6.07, 6.45) is 1.44. The van der Waals surface area contributed by atoms with Crippen LogP contribution in [0.25, 0.3) is 22.7 Å². The van der Waals surface area contributed by atoms with E-state index in [2.05, 4.69) is 25.5 Å². The molecular formula is C24H19ClN8O4. The quantitative estimate of drug-likeness (QED) is 0.263. The minimum atomic E-state index is -0.696. The van der Waals surface area contributed by atoms with Gasteiger partial charge in [-0.15, -0.1) is 0 Å². The zero-order valence-electron chi connectivity index (χ0n) is 19.8. The third kappa shape index (κ3) is 4.23. The first-order chi connectivity index (χ1) is 17.6. The minimum absolute atomic E-state index is 0.0382. The molecule has 3 heterocycles. The van der Waals surface area contributed by atoms with Gasteiger partial charge in [0.05, 0.1) is 33.1 Å². The first kappa shape index (κ1) is 23.9. The Kier molecular flexibility index (Phi) is 5.80. The molecule has 0 spiro atoms. The van der Waals surface area contributed by atoms with E-state index in [9.17, 15) is 19.7 Å². The molecule has 1 amide bonds. The number of fused-ring (bicyclic) bond motifs is 1. The lowest BCUT2D eigenvalue weighted by Crippen LogP contribution is -2.19. The molecule has 0 bridgehead atoms. The summed E-state index contributed by atoms with van der Waals surface area (Å²) in [4.78, 5) is 43.7. The molecule has 186 valence electrons. The largest absolute Gasteiger partial charge is 0.306 e. The molecule has 0 radical (unpaired) electrons. The predicted octanol–water partition coefficient (Wildman–Crippen LogP) is 4.03. The van der Waals surface area contributed by atoms with Crippen LogP contribution in [0.2, 0.25) is 5.02 Å². The first-order valence-corrected chi connectivity index (χ1v) is 11.4. The molecule has 0 aliphatic rings. The van der Waals surface area contributed by atoms with E-state index < -0.39 is 16.4 Å². The third-order valence-electron chi connectivity index (χ3n) is 5.91. The van der Waals surface area contributed by atoms with E-state index in [4.69, 9.17) is 11.6 Å². The van der Waals surface area contributed by atoms with Gasteiger partial charge in [0, 0.05) is 18.2 Å². The highest BCUT2D eigenvalue weighted by atomic mass is 35.5. The smallest absolute Gasteiger partial charge is 0.270 e. The topological polar surface area (TPSA) is 154 Å². The number of aryl methyl sites for hydroxylation is 2. The molecule has 13 heteroatoms. The van der Waals surface area contributed by atoms with Crippen LogP contribution in [-0.4, -0.2) is 40.4 Å². The number of hydrogen-bond donors (Lipinski definition) is 2. The Morgan fingerprint density at radius 2 is 1.92 bits per heavy atom. The van der Waals surface area contributed by atoms with Crippen molar-refractivity contribution in [3.05, 3.63) is 96.5 Å². The molecule has 2 aromatic carbocycles. The fourth-order valence-electron chi connectivity index (χ4n) is 3.88. The van der Waals surface area contributed by atoms with Crippen LogP contribution in [-0.2, 0) is 0 Å². The number of aromatic nitrogens is 6. The molecule has 5 aromatic rings. The van der Waals surface area contributed by atoms with E-state index in [1.165, 1.54) is 23.0 Å². The van der Waals surface area contributed by atoms with Gasteiger partial charge in [0.1, 0.15) is 11.2 Å². The molecule has 0 aliphatic heterocycles. The van der Waals surface area contributed by atoms with Gasteiger partial charge < -0.3 is 5.32 Å². The van der Waals surface area contributed by atoms with Crippen LogP contribution in [0.15, 0.2) is 53.5 Å². The highest BCUT2D eigenvalue weighted by molar-refractivity contribution is 6.34. The van der Waals surface area contributed by atoms with Crippen LogP contribution in [0.5, 0.6) is 0 Å². The van der Waals surface area contributed by atoms with Crippen molar-refractivity contribution in [1.82, 2.24) is 29.5 Å². The fraction of sp³-hybridized carbons (Fsp3) is 0.125. The average Bonchev–Trinajstić information content (AvgIpc) is 3.44. The number of benzene rings is 2. The molecule has 0 aliphatic carbocycles. The normalized spacial score (nSPS) is 11.1. The van der Waals surface area contributed by atoms with Gasteiger partial charge in [-0.3, -0.25) is 24.7 Å². The van der Waals surface area contributed by atoms with Crippen LogP contribution in [0.3, 0.4) is 0 Å². The van der Waals surface area contributed by atoms with E-state index in [0.717, 1.165) is 22.9 Å². The maximum Gasteiger partial charge on any atom is 0.270 e. The van der Waals surface area contributed by atoms with Crippen molar-refractivity contribution in [3.8, 4) is 11.6 Å². The Balaban J connectivity index is 1.59. The van der Waals surface area contributed by atoms with Crippen molar-refractivity contribution < 1.29 is 9.72 Å². The lowest BCUT2D eigenvalue weighted by Gasteiger charge is -2.11. The maximum absolute atomic E-state index is 13.0. The lowest BCUT2D eigenvalue weighted by molar-refractivity contribution is -0.384. The maximum atomic E-state index is 13.0. The molecule has 0 saturated heterocycles. The van der Waals surface area contributed by atoms with Crippen LogP contribution in [0.1, 0.15) is 27.2 Å². The number of non-ortho nitro benzene ring substituents is 1. The van der Waals surface area contributed by atoms with Gasteiger partial charge in [-0.05, 0) is 44.0 Å². The number of anilines is 1. The molecule has 3 aromatic heterocycles. The molecule has 12 nitrogen and oxygen atoms in total. The minimum Gasteiger partial charge on any atom is -0.306 e. The number of hydrogen-bond acceptors (Lipinski definition) is 7. The molecule has 2 N–H and O–H groups in total. The van der Waals surface area contributed by atoms with Crippen LogP contribution >= 0.6 is 11.6 Å². The van der Waals surface area contributed by atoms with Gasteiger partial charge in [-0.2, -0.15) is 19.9 Å². The highest BCUT2D eigenvalue weighted by Gasteiger charge is 2.20. The van der Waals surface area contributed by atoms with E-state index in [0.29, 0.717) is 11.3 Å². The van der Waals surface area contributed by atoms with Crippen molar-refractivity contribution >= 4 is 40.0 Å². The van der Waals surface area contributed by atoms with E-state index in [-0.39, 0.29) is 33.4 Å². The highest BCUT2D eigenvalue weighted by Crippen LogP contribution is 2.25. The van der Waals surface area contributed by atoms with Crippen molar-refractivity contribution in [2.24, 2.45) is 0 Å². The van der Waals surface area contributed by atoms with Gasteiger partial charge in [-0.1, -0.05) is 23.7 Å². The summed E-state index contributed by atoms with van der Waals surface area (Å²) >= 11 is 6.12. The molecule has 0 fully saturated rings. The Morgan fingerprint density at radius 3 is 2.68 bits per heavy atom. The van der Waals surface area contributed by atoms with Crippen LogP contribution < -0.4 is 10.9 Å². The summed E-state index contributed by atoms with van der Waals surface area (Å²) in [5, 5.41) is 22.8. The fourth-order valence-corrected chi connectivity index (χ4v) is 4.09. The van der Waals surface area contributed by atoms with Crippen LogP contribution in [0, 0.1) is 30.9 Å². The van der Waals surface area contributed by atoms with Gasteiger partial charge in [0.2, 0.25) is 5.95 Å². The lowest BCUT2D eigenvalue weighted by atomic mass is 10.1. The number of nitro groups is 1. The van der Waals surface area contributed by atoms with Gasteiger partial charge >= 0.3 is 0 Å². The summed E-state index contributed by atoms with van der Waals surface area (Å²) < 4.78 is 2.84. The number of nitrogens with one attached hydrogen (secondary N) is 2. The zero-order valence-corrected chi connectivity index (χ0v) is 20.6. The van der Waals surface area contributed by atoms with Crippen molar-refractivity contribution in [1.29, 1.82) is 0 Å². The number of nitro benzene ring substituents is 1. The van der Waals surface area contributed by atoms with Gasteiger partial charge in [-0.25, -0.2) is 4.68 Å². The first-order valence-electron chi connectivity index (χ1n) is 11.0. The Hall–Kier alpha value is -4.84. The number of carbonyl (C=O) groups is 1. The third-order valence-corrected chi connectivity index (χ3v) is 6.24.